The number of carbonyl (C=O) groups is 1. The van der Waals surface area contributed by atoms with Gasteiger partial charge in [0.05, 0.1) is 32.1 Å². The maximum absolute atomic E-state index is 16.9. The highest BCUT2D eigenvalue weighted by Crippen LogP contribution is 2.54. The van der Waals surface area contributed by atoms with Crippen molar-refractivity contribution in [2.75, 3.05) is 30.3 Å². The normalized spacial score (nSPS) is 24.6. The number of aromatic nitrogens is 1. The molecule has 10 nitrogen and oxygen atoms in total. The van der Waals surface area contributed by atoms with Crippen molar-refractivity contribution in [3.63, 3.8) is 0 Å². The van der Waals surface area contributed by atoms with Gasteiger partial charge >= 0.3 is 12.3 Å². The Morgan fingerprint density at radius 1 is 1.25 bits per heavy atom. The number of nitriles is 1. The molecule has 274 valence electrons. The van der Waals surface area contributed by atoms with Gasteiger partial charge < -0.3 is 24.1 Å². The summed E-state index contributed by atoms with van der Waals surface area (Å²) < 4.78 is 95.8. The summed E-state index contributed by atoms with van der Waals surface area (Å²) in [6, 6.07) is 7.19. The monoisotopic (exact) mass is 762 g/mol. The smallest absolute Gasteiger partial charge is 0.412 e. The number of anilines is 2. The average Bonchev–Trinajstić information content (AvgIpc) is 3.77. The summed E-state index contributed by atoms with van der Waals surface area (Å²) in [6.07, 6.45) is -6.24. The van der Waals surface area contributed by atoms with Crippen LogP contribution in [0.25, 0.3) is 21.2 Å². The standard InChI is InChI=1S/C35H32ClF5N6O4S/c1-33(2,3)51-32(48)43-31-18(12-42)23-17(5-6-20(38)28(23)52-31)24-19(36)14-47-26(24)29(39)50-27-22(8-7-21-25(27)30(47)45-35(40,41)44-21)49-15-34-9-4-10-46(34)13-16(37)11-34/h5-8,14,16,29-30,44-45H,4,9-11,13,15H2,1-3H3,(H,43,48)/t16-,29?,30+,34+/m1/s1. The van der Waals surface area contributed by atoms with Crippen LogP contribution in [0.4, 0.5) is 37.4 Å². The highest BCUT2D eigenvalue weighted by atomic mass is 35.5. The highest BCUT2D eigenvalue weighted by Gasteiger charge is 2.50. The van der Waals surface area contributed by atoms with E-state index >= 15 is 17.6 Å². The molecular formula is C35H32ClF5N6O4S. The van der Waals surface area contributed by atoms with E-state index in [1.807, 2.05) is 6.07 Å². The van der Waals surface area contributed by atoms with Gasteiger partial charge in [-0.3, -0.25) is 10.2 Å². The molecule has 8 rings (SSSR count). The second-order valence-corrected chi connectivity index (χ2v) is 15.8. The van der Waals surface area contributed by atoms with E-state index in [-0.39, 0.29) is 78.3 Å². The molecule has 4 aliphatic heterocycles. The van der Waals surface area contributed by atoms with Gasteiger partial charge in [-0.25, -0.2) is 18.9 Å². The number of hydrogen-bond donors (Lipinski definition) is 3. The number of amides is 1. The van der Waals surface area contributed by atoms with Crippen molar-refractivity contribution < 1.29 is 41.0 Å². The first-order chi connectivity index (χ1) is 24.6. The molecule has 2 aromatic heterocycles. The minimum atomic E-state index is -3.67. The molecule has 4 atom stereocenters. The third kappa shape index (κ3) is 5.69. The average molecular weight is 763 g/mol. The zero-order valence-electron chi connectivity index (χ0n) is 28.0. The van der Waals surface area contributed by atoms with Gasteiger partial charge in [-0.2, -0.15) is 18.4 Å². The number of alkyl halides is 4. The minimum Gasteiger partial charge on any atom is -0.488 e. The van der Waals surface area contributed by atoms with Crippen LogP contribution in [0.3, 0.4) is 0 Å². The van der Waals surface area contributed by atoms with E-state index in [4.69, 9.17) is 25.8 Å². The van der Waals surface area contributed by atoms with Gasteiger partial charge in [0.2, 0.25) is 0 Å². The van der Waals surface area contributed by atoms with Gasteiger partial charge in [-0.1, -0.05) is 17.7 Å². The van der Waals surface area contributed by atoms with Gasteiger partial charge in [0.1, 0.15) is 47.1 Å². The Morgan fingerprint density at radius 3 is 2.79 bits per heavy atom. The first kappa shape index (κ1) is 34.8. The highest BCUT2D eigenvalue weighted by molar-refractivity contribution is 7.23. The molecule has 0 saturated carbocycles. The zero-order chi connectivity index (χ0) is 36.9. The Bertz CT molecular complexity index is 2180. The van der Waals surface area contributed by atoms with Crippen molar-refractivity contribution in [3.8, 4) is 28.7 Å². The van der Waals surface area contributed by atoms with Gasteiger partial charge in [-0.15, -0.1) is 11.3 Å². The molecule has 2 aromatic carbocycles. The van der Waals surface area contributed by atoms with Crippen LogP contribution < -0.4 is 25.4 Å². The number of thiophene rings is 1. The number of halogens is 6. The van der Waals surface area contributed by atoms with E-state index in [0.717, 1.165) is 30.4 Å². The van der Waals surface area contributed by atoms with Crippen LogP contribution >= 0.6 is 22.9 Å². The van der Waals surface area contributed by atoms with Crippen molar-refractivity contribution in [1.82, 2.24) is 14.8 Å². The largest absolute Gasteiger partial charge is 0.488 e. The van der Waals surface area contributed by atoms with Crippen LogP contribution in [0.5, 0.6) is 11.5 Å². The zero-order valence-corrected chi connectivity index (χ0v) is 29.6. The van der Waals surface area contributed by atoms with Crippen LogP contribution in [-0.2, 0) is 4.74 Å². The molecule has 4 aliphatic rings. The van der Waals surface area contributed by atoms with E-state index in [2.05, 4.69) is 20.9 Å². The van der Waals surface area contributed by atoms with Crippen molar-refractivity contribution in [2.45, 2.75) is 76.0 Å². The summed E-state index contributed by atoms with van der Waals surface area (Å²) in [5.41, 5.74) is -1.76. The second-order valence-electron chi connectivity index (χ2n) is 14.4. The van der Waals surface area contributed by atoms with E-state index in [1.54, 1.807) is 20.8 Å². The Labute approximate surface area is 303 Å². The predicted octanol–water partition coefficient (Wildman–Crippen LogP) is 8.81. The van der Waals surface area contributed by atoms with E-state index in [0.29, 0.717) is 13.0 Å². The Hall–Kier alpha value is -4.30. The molecule has 0 spiro atoms. The molecule has 1 amide bonds. The summed E-state index contributed by atoms with van der Waals surface area (Å²) >= 11 is 7.56. The number of benzene rings is 2. The Kier molecular flexibility index (Phi) is 8.10. The molecule has 2 fully saturated rings. The number of hydrogen-bond acceptors (Lipinski definition) is 9. The van der Waals surface area contributed by atoms with Crippen molar-refractivity contribution in [1.29, 1.82) is 5.26 Å². The van der Waals surface area contributed by atoms with Gasteiger partial charge in [0.25, 0.3) is 6.36 Å². The van der Waals surface area contributed by atoms with Crippen LogP contribution in [0.15, 0.2) is 30.5 Å². The summed E-state index contributed by atoms with van der Waals surface area (Å²) in [5, 5.41) is 17.0. The Morgan fingerprint density at radius 2 is 2.04 bits per heavy atom. The lowest BCUT2D eigenvalue weighted by molar-refractivity contribution is -0.0257. The molecule has 0 aliphatic carbocycles. The first-order valence-electron chi connectivity index (χ1n) is 16.6. The van der Waals surface area contributed by atoms with Crippen molar-refractivity contribution >= 4 is 49.8 Å². The van der Waals surface area contributed by atoms with Crippen LogP contribution in [0.1, 0.15) is 69.4 Å². The molecule has 0 bridgehead atoms. The fourth-order valence-corrected chi connectivity index (χ4v) is 9.23. The predicted molar refractivity (Wildman–Crippen MR) is 184 cm³/mol. The van der Waals surface area contributed by atoms with Crippen LogP contribution in [-0.4, -0.2) is 58.7 Å². The number of fused-ring (bicyclic) bond motifs is 4. The molecule has 2 saturated heterocycles. The molecule has 0 radical (unpaired) electrons. The third-order valence-corrected chi connectivity index (χ3v) is 11.2. The molecule has 4 aromatic rings. The van der Waals surface area contributed by atoms with E-state index < -0.39 is 47.9 Å². The lowest BCUT2D eigenvalue weighted by atomic mass is 9.95. The summed E-state index contributed by atoms with van der Waals surface area (Å²) in [6.45, 7) is 6.05. The van der Waals surface area contributed by atoms with Crippen LogP contribution in [0.2, 0.25) is 5.02 Å². The quantitative estimate of drug-likeness (QED) is 0.137. The van der Waals surface area contributed by atoms with Gasteiger partial charge in [0.15, 0.2) is 11.5 Å². The molecule has 6 heterocycles. The second kappa shape index (κ2) is 12.1. The van der Waals surface area contributed by atoms with E-state index in [1.165, 1.54) is 29.0 Å². The lowest BCUT2D eigenvalue weighted by Gasteiger charge is -2.35. The lowest BCUT2D eigenvalue weighted by Crippen LogP contribution is -2.51. The third-order valence-electron chi connectivity index (χ3n) is 9.83. The number of carbonyl (C=O) groups excluding carboxylic acids is 1. The van der Waals surface area contributed by atoms with E-state index in [9.17, 15) is 14.4 Å². The molecule has 3 N–H and O–H groups in total. The SMILES string of the molecule is CC(C)(C)OC(=O)Nc1sc2c(F)ccc(-c3c(Cl)cn4c3C(F)Oc3c(OC[C@@]56CCCN5C[C@H](F)C6)ccc5c3[C@H]4NC(F)(F)N5)c2c1C#N. The first-order valence-corrected chi connectivity index (χ1v) is 17.8. The van der Waals surface area contributed by atoms with Crippen molar-refractivity contribution in [2.24, 2.45) is 0 Å². The minimum absolute atomic E-state index is 0.0137. The summed E-state index contributed by atoms with van der Waals surface area (Å²) in [7, 11) is 0. The maximum Gasteiger partial charge on any atom is 0.412 e. The number of nitrogens with zero attached hydrogens (tertiary/aromatic N) is 3. The molecule has 17 heteroatoms. The molecule has 1 unspecified atom stereocenters. The summed E-state index contributed by atoms with van der Waals surface area (Å²) in [5.74, 6) is -0.797. The summed E-state index contributed by atoms with van der Waals surface area (Å²) in [4.78, 5) is 14.7. The van der Waals surface area contributed by atoms with Crippen molar-refractivity contribution in [3.05, 3.63) is 58.1 Å². The topological polar surface area (TPSA) is 113 Å². The fourth-order valence-electron chi connectivity index (χ4n) is 7.86. The Balaban J connectivity index is 1.24. The van der Waals surface area contributed by atoms with Gasteiger partial charge in [-0.05, 0) is 63.9 Å². The maximum atomic E-state index is 16.9. The number of ether oxygens (including phenoxy) is 3. The fraction of sp³-hybridized carbons (Fsp3) is 0.429. The molecule has 52 heavy (non-hydrogen) atoms. The molecular weight excluding hydrogens is 731 g/mol. The van der Waals surface area contributed by atoms with Crippen LogP contribution in [0, 0.1) is 17.1 Å². The number of rotatable bonds is 5. The number of nitrogens with one attached hydrogen (secondary N) is 3. The van der Waals surface area contributed by atoms with Gasteiger partial charge in [0, 0.05) is 30.1 Å².